The molecule has 0 saturated heterocycles. The lowest BCUT2D eigenvalue weighted by Crippen LogP contribution is -2.34. The van der Waals surface area contributed by atoms with E-state index in [0.717, 1.165) is 37.3 Å². The molecule has 0 fully saturated rings. The number of unbranched alkanes of at least 4 members (excludes halogenated alkanes) is 1. The van der Waals surface area contributed by atoms with Gasteiger partial charge < -0.3 is 15.1 Å². The number of carbonyl (C=O) groups is 2. The van der Waals surface area contributed by atoms with Gasteiger partial charge in [-0.3, -0.25) is 9.59 Å². The summed E-state index contributed by atoms with van der Waals surface area (Å²) < 4.78 is 0. The van der Waals surface area contributed by atoms with E-state index in [0.29, 0.717) is 19.5 Å². The van der Waals surface area contributed by atoms with Crippen molar-refractivity contribution in [1.29, 1.82) is 0 Å². The van der Waals surface area contributed by atoms with E-state index in [-0.39, 0.29) is 11.8 Å². The molecule has 0 aromatic heterocycles. The molecule has 1 rings (SSSR count). The van der Waals surface area contributed by atoms with Crippen molar-refractivity contribution in [3.05, 3.63) is 24.3 Å². The van der Waals surface area contributed by atoms with Crippen molar-refractivity contribution in [2.24, 2.45) is 0 Å². The van der Waals surface area contributed by atoms with Gasteiger partial charge in [-0.15, -0.1) is 0 Å². The second-order valence-electron chi connectivity index (χ2n) is 5.81. The molecule has 24 heavy (non-hydrogen) atoms. The number of nitrogens with one attached hydrogen (secondary N) is 1. The van der Waals surface area contributed by atoms with Crippen LogP contribution >= 0.6 is 0 Å². The first kappa shape index (κ1) is 20.0. The van der Waals surface area contributed by atoms with Gasteiger partial charge in [-0.25, -0.2) is 0 Å². The van der Waals surface area contributed by atoms with Crippen LogP contribution < -0.4 is 15.1 Å². The number of carbonyl (C=O) groups excluding carboxylic acids is 2. The van der Waals surface area contributed by atoms with Crippen LogP contribution in [-0.4, -0.2) is 38.0 Å². The molecule has 1 N–H and O–H groups in total. The largest absolute Gasteiger partial charge is 0.372 e. The van der Waals surface area contributed by atoms with Crippen LogP contribution in [0, 0.1) is 0 Å². The first-order valence-corrected chi connectivity index (χ1v) is 8.93. The lowest BCUT2D eigenvalue weighted by atomic mass is 10.2. The minimum absolute atomic E-state index is 0.00513. The maximum Gasteiger partial charge on any atom is 0.223 e. The highest BCUT2D eigenvalue weighted by Gasteiger charge is 2.14. The maximum atomic E-state index is 11.9. The lowest BCUT2D eigenvalue weighted by molar-refractivity contribution is -0.121. The Morgan fingerprint density at radius 2 is 1.58 bits per heavy atom. The van der Waals surface area contributed by atoms with Crippen LogP contribution in [0.25, 0.3) is 0 Å². The summed E-state index contributed by atoms with van der Waals surface area (Å²) in [5.74, 6) is -0.0543. The molecule has 0 bridgehead atoms. The normalized spacial score (nSPS) is 10.3. The van der Waals surface area contributed by atoms with E-state index in [9.17, 15) is 9.59 Å². The Hall–Kier alpha value is -2.04. The van der Waals surface area contributed by atoms with Gasteiger partial charge in [0.2, 0.25) is 11.8 Å². The Balaban J connectivity index is 2.68. The summed E-state index contributed by atoms with van der Waals surface area (Å²) in [6.07, 6.45) is 2.36. The quantitative estimate of drug-likeness (QED) is 0.669. The average molecular weight is 333 g/mol. The highest BCUT2D eigenvalue weighted by molar-refractivity contribution is 5.92. The van der Waals surface area contributed by atoms with Crippen molar-refractivity contribution in [3.8, 4) is 0 Å². The van der Waals surface area contributed by atoms with E-state index in [1.54, 1.807) is 4.90 Å². The Labute approximate surface area is 146 Å². The van der Waals surface area contributed by atoms with E-state index in [1.807, 2.05) is 24.3 Å². The van der Waals surface area contributed by atoms with Gasteiger partial charge in [0.05, 0.1) is 0 Å². The average Bonchev–Trinajstić information content (AvgIpc) is 2.57. The molecule has 5 nitrogen and oxygen atoms in total. The fraction of sp³-hybridized carbons (Fsp3) is 0.579. The predicted octanol–water partition coefficient (Wildman–Crippen LogP) is 3.19. The van der Waals surface area contributed by atoms with Crippen LogP contribution in [0.4, 0.5) is 11.4 Å². The van der Waals surface area contributed by atoms with Crippen molar-refractivity contribution in [2.45, 2.75) is 47.0 Å². The number of hydrogen-bond acceptors (Lipinski definition) is 3. The van der Waals surface area contributed by atoms with Crippen molar-refractivity contribution in [3.63, 3.8) is 0 Å². The fourth-order valence-corrected chi connectivity index (χ4v) is 2.61. The molecular weight excluding hydrogens is 302 g/mol. The predicted molar refractivity (Wildman–Crippen MR) is 101 cm³/mol. The summed E-state index contributed by atoms with van der Waals surface area (Å²) >= 11 is 0. The minimum Gasteiger partial charge on any atom is -0.372 e. The van der Waals surface area contributed by atoms with E-state index >= 15 is 0 Å². The van der Waals surface area contributed by atoms with Crippen molar-refractivity contribution < 1.29 is 9.59 Å². The van der Waals surface area contributed by atoms with Crippen LogP contribution in [0.15, 0.2) is 24.3 Å². The minimum atomic E-state index is -0.0491. The van der Waals surface area contributed by atoms with Gasteiger partial charge in [0, 0.05) is 50.9 Å². The molecule has 134 valence electrons. The first-order chi connectivity index (χ1) is 11.5. The van der Waals surface area contributed by atoms with Crippen LogP contribution in [0.2, 0.25) is 0 Å². The number of amides is 2. The smallest absolute Gasteiger partial charge is 0.223 e. The number of benzene rings is 1. The number of nitrogens with zero attached hydrogens (tertiary/aromatic N) is 2. The van der Waals surface area contributed by atoms with Gasteiger partial charge in [0.25, 0.3) is 0 Å². The summed E-state index contributed by atoms with van der Waals surface area (Å²) in [4.78, 5) is 27.7. The van der Waals surface area contributed by atoms with Crippen LogP contribution in [0.1, 0.15) is 47.0 Å². The topological polar surface area (TPSA) is 52.7 Å². The molecule has 0 saturated carbocycles. The van der Waals surface area contributed by atoms with E-state index < -0.39 is 0 Å². The van der Waals surface area contributed by atoms with E-state index in [2.05, 4.69) is 31.0 Å². The van der Waals surface area contributed by atoms with Gasteiger partial charge in [-0.05, 0) is 44.5 Å². The molecule has 1 aromatic carbocycles. The van der Waals surface area contributed by atoms with Gasteiger partial charge in [-0.1, -0.05) is 13.3 Å². The number of anilines is 2. The molecule has 0 heterocycles. The van der Waals surface area contributed by atoms with Crippen LogP contribution in [0.5, 0.6) is 0 Å². The van der Waals surface area contributed by atoms with Gasteiger partial charge in [-0.2, -0.15) is 0 Å². The Kier molecular flexibility index (Phi) is 8.90. The van der Waals surface area contributed by atoms with Crippen molar-refractivity contribution in [1.82, 2.24) is 5.32 Å². The molecule has 0 radical (unpaired) electrons. The molecule has 1 aromatic rings. The van der Waals surface area contributed by atoms with Gasteiger partial charge in [0.15, 0.2) is 0 Å². The second-order valence-corrected chi connectivity index (χ2v) is 5.81. The monoisotopic (exact) mass is 333 g/mol. The van der Waals surface area contributed by atoms with Crippen molar-refractivity contribution in [2.75, 3.05) is 36.0 Å². The first-order valence-electron chi connectivity index (χ1n) is 8.93. The lowest BCUT2D eigenvalue weighted by Gasteiger charge is -2.24. The fourth-order valence-electron chi connectivity index (χ4n) is 2.61. The zero-order valence-electron chi connectivity index (χ0n) is 15.5. The SMILES string of the molecule is CCCCNC(=O)CCN(C(C)=O)c1ccc(N(CC)CC)cc1. The Bertz CT molecular complexity index is 510. The third-order valence-corrected chi connectivity index (χ3v) is 4.09. The molecule has 0 spiro atoms. The standard InChI is InChI=1S/C19H31N3O2/c1-5-8-14-20-19(24)13-15-22(16(4)23)18-11-9-17(10-12-18)21(6-2)7-3/h9-12H,5-8,13-15H2,1-4H3,(H,20,24). The molecule has 5 heteroatoms. The summed E-state index contributed by atoms with van der Waals surface area (Å²) in [5.41, 5.74) is 1.98. The molecule has 0 atom stereocenters. The molecule has 0 aliphatic carbocycles. The highest BCUT2D eigenvalue weighted by Crippen LogP contribution is 2.21. The van der Waals surface area contributed by atoms with Gasteiger partial charge >= 0.3 is 0 Å². The Morgan fingerprint density at radius 1 is 1.00 bits per heavy atom. The second kappa shape index (κ2) is 10.7. The number of rotatable bonds is 10. The molecule has 0 aliphatic rings. The van der Waals surface area contributed by atoms with Gasteiger partial charge in [0.1, 0.15) is 0 Å². The summed E-state index contributed by atoms with van der Waals surface area (Å²) in [6.45, 7) is 10.9. The summed E-state index contributed by atoms with van der Waals surface area (Å²) in [6, 6.07) is 7.95. The zero-order valence-corrected chi connectivity index (χ0v) is 15.5. The maximum absolute atomic E-state index is 11.9. The van der Waals surface area contributed by atoms with Crippen LogP contribution in [-0.2, 0) is 9.59 Å². The highest BCUT2D eigenvalue weighted by atomic mass is 16.2. The third-order valence-electron chi connectivity index (χ3n) is 4.09. The Morgan fingerprint density at radius 3 is 2.08 bits per heavy atom. The van der Waals surface area contributed by atoms with E-state index in [1.165, 1.54) is 6.92 Å². The summed E-state index contributed by atoms with van der Waals surface area (Å²) in [7, 11) is 0. The molecule has 0 unspecified atom stereocenters. The van der Waals surface area contributed by atoms with Crippen molar-refractivity contribution >= 4 is 23.2 Å². The third kappa shape index (κ3) is 6.22. The zero-order chi connectivity index (χ0) is 17.9. The van der Waals surface area contributed by atoms with Crippen LogP contribution in [0.3, 0.4) is 0 Å². The molecular formula is C19H31N3O2. The molecule has 2 amide bonds. The molecule has 0 aliphatic heterocycles. The summed E-state index contributed by atoms with van der Waals surface area (Å²) in [5, 5.41) is 2.89. The van der Waals surface area contributed by atoms with E-state index in [4.69, 9.17) is 0 Å². The number of hydrogen-bond donors (Lipinski definition) is 1.